The van der Waals surface area contributed by atoms with E-state index in [1.54, 1.807) is 12.1 Å². The Bertz CT molecular complexity index is 1600. The number of hydroxylamine groups is 3. The van der Waals surface area contributed by atoms with Crippen LogP contribution in [-0.4, -0.2) is 58.8 Å². The first kappa shape index (κ1) is 35.9. The zero-order valence-corrected chi connectivity index (χ0v) is 27.7. The summed E-state index contributed by atoms with van der Waals surface area (Å²) in [7, 11) is 0. The summed E-state index contributed by atoms with van der Waals surface area (Å²) < 4.78 is 5.92. The molecule has 0 radical (unpaired) electrons. The third kappa shape index (κ3) is 7.76. The van der Waals surface area contributed by atoms with Crippen LogP contribution < -0.4 is 0 Å². The van der Waals surface area contributed by atoms with Crippen LogP contribution in [0.15, 0.2) is 103 Å². The minimum Gasteiger partial charge on any atom is -0.633 e. The molecule has 2 aliphatic heterocycles. The second-order valence-corrected chi connectivity index (χ2v) is 12.9. The van der Waals surface area contributed by atoms with Crippen LogP contribution in [0.2, 0.25) is 10.0 Å². The number of benzene rings is 4. The molecule has 2 heterocycles. The number of ether oxygens (including phenoxy) is 1. The number of quaternary nitrogens is 1. The summed E-state index contributed by atoms with van der Waals surface area (Å²) in [4.78, 5) is 15.0. The molecule has 1 atom stereocenters. The number of aliphatic hydroxyl groups is 1. The highest BCUT2D eigenvalue weighted by atomic mass is 35.5. The Morgan fingerprint density at radius 3 is 2.07 bits per heavy atom. The largest absolute Gasteiger partial charge is 0.633 e. The molecule has 2 aliphatic rings. The van der Waals surface area contributed by atoms with Crippen molar-refractivity contribution < 1.29 is 24.8 Å². The molecule has 3 N–H and O–H groups in total. The van der Waals surface area contributed by atoms with E-state index in [9.17, 15) is 15.1 Å². The molecule has 0 aromatic heterocycles. The van der Waals surface area contributed by atoms with Crippen LogP contribution in [0, 0.1) is 5.21 Å². The molecule has 4 aromatic carbocycles. The Kier molecular flexibility index (Phi) is 11.6. The molecule has 10 heteroatoms. The Morgan fingerprint density at radius 1 is 0.826 bits per heavy atom. The van der Waals surface area contributed by atoms with Crippen molar-refractivity contribution >= 4 is 41.5 Å². The van der Waals surface area contributed by atoms with E-state index in [-0.39, 0.29) is 43.5 Å². The van der Waals surface area contributed by atoms with Crippen LogP contribution in [0.3, 0.4) is 0 Å². The number of hydrogen-bond acceptors (Lipinski definition) is 4. The molecule has 1 amide bonds. The molecule has 0 bridgehead atoms. The van der Waals surface area contributed by atoms with Gasteiger partial charge < -0.3 is 30.1 Å². The van der Waals surface area contributed by atoms with E-state index in [4.69, 9.17) is 27.9 Å². The maximum atomic E-state index is 14.0. The zero-order valence-electron chi connectivity index (χ0n) is 25.4. The lowest BCUT2D eigenvalue weighted by molar-refractivity contribution is -0.889. The number of nitrogens with zero attached hydrogens (tertiary/aromatic N) is 2. The third-order valence-electron chi connectivity index (χ3n) is 9.25. The topological polar surface area (TPSA) is 104 Å². The lowest BCUT2D eigenvalue weighted by Crippen LogP contribution is -2.57. The van der Waals surface area contributed by atoms with E-state index >= 15 is 0 Å². The van der Waals surface area contributed by atoms with Gasteiger partial charge in [-0.25, -0.2) is 0 Å². The summed E-state index contributed by atoms with van der Waals surface area (Å²) in [5.74, 6) is -0.107. The molecule has 244 valence electrons. The van der Waals surface area contributed by atoms with Crippen molar-refractivity contribution in [2.45, 2.75) is 37.0 Å². The summed E-state index contributed by atoms with van der Waals surface area (Å²) in [6, 6.07) is 33.4. The number of piperidine rings is 1. The first-order chi connectivity index (χ1) is 21.2. The normalized spacial score (nSPS) is 24.5. The molecular formula is C36H39Cl3N2O5. The number of likely N-dealkylation sites (tertiary alicyclic amines) is 1. The van der Waals surface area contributed by atoms with E-state index in [1.807, 2.05) is 71.6 Å². The third-order valence-corrected chi connectivity index (χ3v) is 9.99. The van der Waals surface area contributed by atoms with Gasteiger partial charge in [0, 0.05) is 25.8 Å². The standard InChI is InChI=1S/C36H36Cl2N2O4.ClH.H2O/c37-32-16-15-31(23-33(32)38)36(19-22-40(43)20-17-35(42,18-21-40)30-9-5-2-6-10-30)26-39(34(41)25-44-36)24-27-11-13-29(14-12-27)28-7-3-1-4-8-28;;/h1-16,23,42H,17-22,24-26H2;1H;1H2. The first-order valence-corrected chi connectivity index (χ1v) is 15.8. The molecule has 2 fully saturated rings. The number of halogens is 3. The average Bonchev–Trinajstić information content (AvgIpc) is 3.06. The number of carbonyl (C=O) groups excluding carboxylic acids is 1. The maximum Gasteiger partial charge on any atom is 0.249 e. The van der Waals surface area contributed by atoms with Gasteiger partial charge in [0.2, 0.25) is 5.91 Å². The van der Waals surface area contributed by atoms with E-state index in [0.29, 0.717) is 48.9 Å². The minimum atomic E-state index is -1.00. The number of morpholine rings is 1. The van der Waals surface area contributed by atoms with Crippen LogP contribution in [0.1, 0.15) is 36.0 Å². The smallest absolute Gasteiger partial charge is 0.249 e. The van der Waals surface area contributed by atoms with E-state index < -0.39 is 15.8 Å². The predicted molar refractivity (Wildman–Crippen MR) is 185 cm³/mol. The second kappa shape index (κ2) is 14.8. The minimum absolute atomic E-state index is 0. The monoisotopic (exact) mass is 684 g/mol. The fourth-order valence-electron chi connectivity index (χ4n) is 6.44. The van der Waals surface area contributed by atoms with Crippen LogP contribution in [-0.2, 0) is 27.3 Å². The molecule has 4 aromatic rings. The highest BCUT2D eigenvalue weighted by Crippen LogP contribution is 2.40. The summed E-state index contributed by atoms with van der Waals surface area (Å²) >= 11 is 12.7. The van der Waals surface area contributed by atoms with Gasteiger partial charge in [0.25, 0.3) is 0 Å². The molecule has 0 spiro atoms. The quantitative estimate of drug-likeness (QED) is 0.161. The fourth-order valence-corrected chi connectivity index (χ4v) is 6.74. The molecule has 6 rings (SSSR count). The number of amides is 1. The van der Waals surface area contributed by atoms with Gasteiger partial charge in [-0.05, 0) is 39.9 Å². The second-order valence-electron chi connectivity index (χ2n) is 12.1. The molecule has 46 heavy (non-hydrogen) atoms. The van der Waals surface area contributed by atoms with Crippen molar-refractivity contribution in [1.82, 2.24) is 4.90 Å². The Balaban J connectivity index is 0.00000240. The molecule has 0 saturated carbocycles. The molecule has 0 aliphatic carbocycles. The summed E-state index contributed by atoms with van der Waals surface area (Å²) in [5, 5.41) is 26.1. The van der Waals surface area contributed by atoms with Gasteiger partial charge in [-0.1, -0.05) is 114 Å². The average molecular weight is 686 g/mol. The molecule has 1 unspecified atom stereocenters. The highest BCUT2D eigenvalue weighted by molar-refractivity contribution is 6.42. The maximum absolute atomic E-state index is 14.0. The fraction of sp³-hybridized carbons (Fsp3) is 0.306. The van der Waals surface area contributed by atoms with Gasteiger partial charge in [-0.15, -0.1) is 12.4 Å². The van der Waals surface area contributed by atoms with Crippen molar-refractivity contribution in [3.63, 3.8) is 0 Å². The number of hydrogen-bond donors (Lipinski definition) is 1. The van der Waals surface area contributed by atoms with Gasteiger partial charge in [0.1, 0.15) is 17.8 Å². The SMILES string of the molecule is Cl.O.O=C1COC(CC[N+]2([O-])CCC(O)(c3ccccc3)CC2)(c2ccc(Cl)c(Cl)c2)CN1Cc1ccc(-c2ccccc2)cc1. The Morgan fingerprint density at radius 2 is 1.43 bits per heavy atom. The number of rotatable bonds is 8. The van der Waals surface area contributed by atoms with Crippen LogP contribution >= 0.6 is 35.6 Å². The van der Waals surface area contributed by atoms with Gasteiger partial charge in [-0.2, -0.15) is 0 Å². The Hall–Kier alpha value is -2.98. The van der Waals surface area contributed by atoms with Gasteiger partial charge in [-0.3, -0.25) is 4.79 Å². The van der Waals surface area contributed by atoms with Crippen LogP contribution in [0.4, 0.5) is 0 Å². The summed E-state index contributed by atoms with van der Waals surface area (Å²) in [5.41, 5.74) is 2.94. The zero-order chi connectivity index (χ0) is 30.8. The summed E-state index contributed by atoms with van der Waals surface area (Å²) in [6.45, 7) is 1.45. The van der Waals surface area contributed by atoms with Crippen LogP contribution in [0.5, 0.6) is 0 Å². The van der Waals surface area contributed by atoms with E-state index in [1.165, 1.54) is 0 Å². The first-order valence-electron chi connectivity index (χ1n) is 15.0. The van der Waals surface area contributed by atoms with Crippen molar-refractivity contribution in [3.05, 3.63) is 135 Å². The van der Waals surface area contributed by atoms with Gasteiger partial charge >= 0.3 is 0 Å². The van der Waals surface area contributed by atoms with Crippen molar-refractivity contribution in [1.29, 1.82) is 0 Å². The Labute approximate surface area is 286 Å². The molecular weight excluding hydrogens is 647 g/mol. The molecule has 7 nitrogen and oxygen atoms in total. The van der Waals surface area contributed by atoms with E-state index in [0.717, 1.165) is 27.8 Å². The van der Waals surface area contributed by atoms with Crippen LogP contribution in [0.25, 0.3) is 11.1 Å². The summed E-state index contributed by atoms with van der Waals surface area (Å²) in [6.07, 6.45) is 1.14. The van der Waals surface area contributed by atoms with Gasteiger partial charge in [0.15, 0.2) is 0 Å². The van der Waals surface area contributed by atoms with Crippen molar-refractivity contribution in [2.24, 2.45) is 0 Å². The van der Waals surface area contributed by atoms with E-state index in [2.05, 4.69) is 24.3 Å². The number of carbonyl (C=O) groups is 1. The highest BCUT2D eigenvalue weighted by Gasteiger charge is 2.45. The lowest BCUT2D eigenvalue weighted by atomic mass is 9.83. The molecule has 2 saturated heterocycles. The van der Waals surface area contributed by atoms with Crippen molar-refractivity contribution in [2.75, 3.05) is 32.8 Å². The van der Waals surface area contributed by atoms with Gasteiger partial charge in [0.05, 0.1) is 36.2 Å². The lowest BCUT2D eigenvalue weighted by Gasteiger charge is -2.52. The predicted octanol–water partition coefficient (Wildman–Crippen LogP) is 6.90. The van der Waals surface area contributed by atoms with Crippen molar-refractivity contribution in [3.8, 4) is 11.1 Å².